The van der Waals surface area contributed by atoms with E-state index in [1.165, 1.54) is 0 Å². The van der Waals surface area contributed by atoms with Crippen LogP contribution in [-0.2, 0) is 9.59 Å². The second-order valence-electron chi connectivity index (χ2n) is 6.63. The molecule has 4 heteroatoms. The van der Waals surface area contributed by atoms with Crippen LogP contribution in [0.5, 0.6) is 0 Å². The summed E-state index contributed by atoms with van der Waals surface area (Å²) in [5.74, 6) is 0.742. The third-order valence-corrected chi connectivity index (χ3v) is 3.97. The van der Waals surface area contributed by atoms with Gasteiger partial charge < -0.3 is 10.2 Å². The first-order valence-electron chi connectivity index (χ1n) is 7.33. The number of rotatable bonds is 5. The second-order valence-corrected chi connectivity index (χ2v) is 6.63. The fraction of sp³-hybridized carbons (Fsp3) is 0.867. The molecule has 1 rings (SSSR count). The lowest BCUT2D eigenvalue weighted by atomic mass is 9.89. The number of hydrogen-bond donors (Lipinski definition) is 1. The topological polar surface area (TPSA) is 49.4 Å². The van der Waals surface area contributed by atoms with Gasteiger partial charge in [0.1, 0.15) is 11.6 Å². The molecule has 1 saturated heterocycles. The van der Waals surface area contributed by atoms with Crippen LogP contribution < -0.4 is 5.32 Å². The molecule has 1 N–H and O–H groups in total. The fourth-order valence-electron chi connectivity index (χ4n) is 2.49. The first-order valence-corrected chi connectivity index (χ1v) is 7.33. The van der Waals surface area contributed by atoms with Gasteiger partial charge in [-0.15, -0.1) is 0 Å². The van der Waals surface area contributed by atoms with Gasteiger partial charge in [0.2, 0.25) is 11.8 Å². The fourth-order valence-corrected chi connectivity index (χ4v) is 2.49. The van der Waals surface area contributed by atoms with Gasteiger partial charge in [-0.1, -0.05) is 34.1 Å². The number of hydrogen-bond acceptors (Lipinski definition) is 2. The molecule has 2 atom stereocenters. The zero-order valence-electron chi connectivity index (χ0n) is 13.1. The van der Waals surface area contributed by atoms with E-state index in [1.54, 1.807) is 18.7 Å². The predicted molar refractivity (Wildman–Crippen MR) is 76.6 cm³/mol. The van der Waals surface area contributed by atoms with Gasteiger partial charge in [-0.3, -0.25) is 9.59 Å². The molecular formula is C15H28N2O2. The van der Waals surface area contributed by atoms with Crippen molar-refractivity contribution in [2.45, 2.75) is 66.0 Å². The third kappa shape index (κ3) is 3.48. The van der Waals surface area contributed by atoms with Gasteiger partial charge in [0, 0.05) is 6.54 Å². The number of nitrogens with one attached hydrogen (secondary N) is 1. The Morgan fingerprint density at radius 2 is 1.84 bits per heavy atom. The summed E-state index contributed by atoms with van der Waals surface area (Å²) in [5.41, 5.74) is -0.780. The van der Waals surface area contributed by atoms with Crippen molar-refractivity contribution >= 4 is 11.8 Å². The lowest BCUT2D eigenvalue weighted by Gasteiger charge is -2.45. The van der Waals surface area contributed by atoms with E-state index in [9.17, 15) is 9.59 Å². The van der Waals surface area contributed by atoms with Crippen LogP contribution in [-0.4, -0.2) is 34.8 Å². The minimum absolute atomic E-state index is 0.0114. The van der Waals surface area contributed by atoms with Crippen molar-refractivity contribution in [2.24, 2.45) is 11.8 Å². The molecule has 0 aromatic rings. The maximum Gasteiger partial charge on any atom is 0.248 e. The lowest BCUT2D eigenvalue weighted by molar-refractivity contribution is -0.155. The molecule has 0 spiro atoms. The average Bonchev–Trinajstić information content (AvgIpc) is 2.30. The highest BCUT2D eigenvalue weighted by Crippen LogP contribution is 2.25. The summed E-state index contributed by atoms with van der Waals surface area (Å²) < 4.78 is 0. The van der Waals surface area contributed by atoms with Crippen molar-refractivity contribution in [3.8, 4) is 0 Å². The van der Waals surface area contributed by atoms with E-state index in [4.69, 9.17) is 0 Å². The molecule has 0 bridgehead atoms. The first kappa shape index (κ1) is 16.0. The molecular weight excluding hydrogens is 240 g/mol. The van der Waals surface area contributed by atoms with E-state index >= 15 is 0 Å². The first-order chi connectivity index (χ1) is 8.70. The Bertz CT molecular complexity index is 350. The van der Waals surface area contributed by atoms with E-state index in [2.05, 4.69) is 26.1 Å². The molecule has 2 amide bonds. The van der Waals surface area contributed by atoms with Crippen LogP contribution >= 0.6 is 0 Å². The molecule has 0 aliphatic carbocycles. The Morgan fingerprint density at radius 1 is 1.26 bits per heavy atom. The minimum Gasteiger partial charge on any atom is -0.340 e. The van der Waals surface area contributed by atoms with Crippen LogP contribution in [0.1, 0.15) is 54.4 Å². The lowest BCUT2D eigenvalue weighted by Crippen LogP contribution is -2.69. The van der Waals surface area contributed by atoms with Crippen molar-refractivity contribution in [3.05, 3.63) is 0 Å². The van der Waals surface area contributed by atoms with E-state index in [0.717, 1.165) is 12.8 Å². The largest absolute Gasteiger partial charge is 0.340 e. The smallest absolute Gasteiger partial charge is 0.248 e. The highest BCUT2D eigenvalue weighted by Gasteiger charge is 2.46. The molecule has 0 aromatic heterocycles. The summed E-state index contributed by atoms with van der Waals surface area (Å²) in [6, 6.07) is -0.315. The zero-order valence-corrected chi connectivity index (χ0v) is 13.1. The Kier molecular flexibility index (Phi) is 4.99. The van der Waals surface area contributed by atoms with Crippen molar-refractivity contribution in [1.29, 1.82) is 0 Å². The highest BCUT2D eigenvalue weighted by atomic mass is 16.2. The maximum atomic E-state index is 12.5. The Labute approximate surface area is 116 Å². The van der Waals surface area contributed by atoms with Crippen molar-refractivity contribution < 1.29 is 9.59 Å². The van der Waals surface area contributed by atoms with Crippen molar-refractivity contribution in [1.82, 2.24) is 10.2 Å². The Balaban J connectivity index is 2.98. The predicted octanol–water partition coefficient (Wildman–Crippen LogP) is 2.18. The molecule has 1 aliphatic rings. The quantitative estimate of drug-likeness (QED) is 0.831. The van der Waals surface area contributed by atoms with Crippen molar-refractivity contribution in [3.63, 3.8) is 0 Å². The molecule has 4 nitrogen and oxygen atoms in total. The molecule has 1 aliphatic heterocycles. The number of amides is 2. The molecule has 1 fully saturated rings. The molecule has 110 valence electrons. The SMILES string of the molecule is CCC(C)C1C(=O)NC(C)(C)C(=O)N1CCC(C)C. The summed E-state index contributed by atoms with van der Waals surface area (Å²) in [5, 5.41) is 2.86. The number of carbonyl (C=O) groups excluding carboxylic acids is 2. The van der Waals surface area contributed by atoms with Crippen LogP contribution in [0.25, 0.3) is 0 Å². The number of piperazine rings is 1. The molecule has 0 radical (unpaired) electrons. The molecule has 19 heavy (non-hydrogen) atoms. The van der Waals surface area contributed by atoms with Gasteiger partial charge in [0.05, 0.1) is 0 Å². The Hall–Kier alpha value is -1.06. The molecule has 1 heterocycles. The summed E-state index contributed by atoms with van der Waals surface area (Å²) in [6.45, 7) is 12.6. The van der Waals surface area contributed by atoms with Crippen LogP contribution in [0.3, 0.4) is 0 Å². The van der Waals surface area contributed by atoms with E-state index in [-0.39, 0.29) is 23.8 Å². The van der Waals surface area contributed by atoms with Crippen LogP contribution in [0.15, 0.2) is 0 Å². The third-order valence-electron chi connectivity index (χ3n) is 3.97. The van der Waals surface area contributed by atoms with Gasteiger partial charge in [0.25, 0.3) is 0 Å². The van der Waals surface area contributed by atoms with Gasteiger partial charge in [-0.2, -0.15) is 0 Å². The van der Waals surface area contributed by atoms with Crippen LogP contribution in [0, 0.1) is 11.8 Å². The maximum absolute atomic E-state index is 12.5. The normalized spacial score (nSPS) is 24.6. The van der Waals surface area contributed by atoms with Crippen LogP contribution in [0.2, 0.25) is 0 Å². The van der Waals surface area contributed by atoms with E-state index in [0.29, 0.717) is 12.5 Å². The van der Waals surface area contributed by atoms with Gasteiger partial charge >= 0.3 is 0 Å². The molecule has 2 unspecified atom stereocenters. The van der Waals surface area contributed by atoms with Gasteiger partial charge in [-0.25, -0.2) is 0 Å². The van der Waals surface area contributed by atoms with E-state index in [1.807, 2.05) is 6.92 Å². The second kappa shape index (κ2) is 5.93. The zero-order chi connectivity index (χ0) is 14.8. The molecule has 0 saturated carbocycles. The molecule has 0 aromatic carbocycles. The number of nitrogens with zero attached hydrogens (tertiary/aromatic N) is 1. The highest BCUT2D eigenvalue weighted by molar-refractivity contribution is 5.99. The monoisotopic (exact) mass is 268 g/mol. The standard InChI is InChI=1S/C15H28N2O2/c1-7-11(4)12-13(18)16-15(5,6)14(19)17(12)9-8-10(2)3/h10-12H,7-9H2,1-6H3,(H,16,18). The summed E-state index contributed by atoms with van der Waals surface area (Å²) >= 11 is 0. The van der Waals surface area contributed by atoms with Crippen LogP contribution in [0.4, 0.5) is 0 Å². The van der Waals surface area contributed by atoms with Gasteiger partial charge in [-0.05, 0) is 32.1 Å². The number of carbonyl (C=O) groups is 2. The van der Waals surface area contributed by atoms with E-state index < -0.39 is 5.54 Å². The van der Waals surface area contributed by atoms with Gasteiger partial charge in [0.15, 0.2) is 0 Å². The minimum atomic E-state index is -0.780. The Morgan fingerprint density at radius 3 is 2.32 bits per heavy atom. The van der Waals surface area contributed by atoms with Crippen molar-refractivity contribution in [2.75, 3.05) is 6.54 Å². The average molecular weight is 268 g/mol. The summed E-state index contributed by atoms with van der Waals surface area (Å²) in [6.07, 6.45) is 1.83. The summed E-state index contributed by atoms with van der Waals surface area (Å²) in [4.78, 5) is 26.7. The summed E-state index contributed by atoms with van der Waals surface area (Å²) in [7, 11) is 0.